The number of β-lactam (4-membered cyclic amide) rings is 1. The van der Waals surface area contributed by atoms with E-state index in [1.807, 2.05) is 0 Å². The molecule has 1 atom stereocenters. The SMILES string of the molecule is C[n+]1c(N)cc(N)nc1SCC1=C(C(=O)[O-])N2C(=O)CC2SC1. The van der Waals surface area contributed by atoms with Gasteiger partial charge in [-0.1, -0.05) is 4.98 Å². The summed E-state index contributed by atoms with van der Waals surface area (Å²) >= 11 is 2.88. The second kappa shape index (κ2) is 5.93. The summed E-state index contributed by atoms with van der Waals surface area (Å²) in [6, 6.07) is 1.55. The van der Waals surface area contributed by atoms with Gasteiger partial charge in [-0.05, 0) is 17.3 Å². The molecule has 0 aromatic carbocycles. The summed E-state index contributed by atoms with van der Waals surface area (Å²) in [6.45, 7) is 0. The highest BCUT2D eigenvalue weighted by Crippen LogP contribution is 2.40. The van der Waals surface area contributed by atoms with Crippen molar-refractivity contribution in [2.45, 2.75) is 17.0 Å². The van der Waals surface area contributed by atoms with Crippen LogP contribution in [-0.4, -0.2) is 38.6 Å². The van der Waals surface area contributed by atoms with Crippen LogP contribution in [0.1, 0.15) is 6.42 Å². The molecule has 3 heterocycles. The lowest BCUT2D eigenvalue weighted by atomic mass is 10.1. The van der Waals surface area contributed by atoms with Crippen LogP contribution in [0.25, 0.3) is 0 Å². The molecule has 3 rings (SSSR count). The number of thioether (sulfide) groups is 2. The molecule has 1 fully saturated rings. The second-order valence-corrected chi connectivity index (χ2v) is 7.32. The average Bonchev–Trinajstić information content (AvgIpc) is 2.48. The van der Waals surface area contributed by atoms with E-state index in [-0.39, 0.29) is 17.0 Å². The summed E-state index contributed by atoms with van der Waals surface area (Å²) in [5.41, 5.74) is 12.2. The van der Waals surface area contributed by atoms with Gasteiger partial charge >= 0.3 is 5.16 Å². The van der Waals surface area contributed by atoms with Crippen molar-refractivity contribution in [3.8, 4) is 0 Å². The normalized spacial score (nSPS) is 20.3. The summed E-state index contributed by atoms with van der Waals surface area (Å²) < 4.78 is 1.67. The van der Waals surface area contributed by atoms with Crippen molar-refractivity contribution in [3.05, 3.63) is 17.3 Å². The number of hydrogen-bond donors (Lipinski definition) is 2. The maximum Gasteiger partial charge on any atom is 0.301 e. The van der Waals surface area contributed by atoms with Gasteiger partial charge in [0.05, 0.1) is 36.6 Å². The van der Waals surface area contributed by atoms with Gasteiger partial charge in [-0.2, -0.15) is 0 Å². The summed E-state index contributed by atoms with van der Waals surface area (Å²) in [6.07, 6.45) is 0.379. The fourth-order valence-corrected chi connectivity index (χ4v) is 4.84. The van der Waals surface area contributed by atoms with Gasteiger partial charge in [0, 0.05) is 11.5 Å². The van der Waals surface area contributed by atoms with Crippen LogP contribution in [0.2, 0.25) is 0 Å². The van der Waals surface area contributed by atoms with Gasteiger partial charge in [0.2, 0.25) is 17.5 Å². The Morgan fingerprint density at radius 2 is 2.35 bits per heavy atom. The van der Waals surface area contributed by atoms with Crippen molar-refractivity contribution >= 4 is 47.0 Å². The molecule has 4 N–H and O–H groups in total. The minimum Gasteiger partial charge on any atom is -0.543 e. The molecule has 0 spiro atoms. The third kappa shape index (κ3) is 2.83. The fraction of sp³-hybridized carbons (Fsp3) is 0.385. The van der Waals surface area contributed by atoms with Crippen LogP contribution in [0.4, 0.5) is 11.6 Å². The first kappa shape index (κ1) is 15.9. The molecule has 1 aromatic heterocycles. The topological polar surface area (TPSA) is 129 Å². The molecule has 1 amide bonds. The number of nitrogens with zero attached hydrogens (tertiary/aromatic N) is 3. The van der Waals surface area contributed by atoms with E-state index in [0.717, 1.165) is 0 Å². The highest BCUT2D eigenvalue weighted by Gasteiger charge is 2.43. The number of nitrogen functional groups attached to an aromatic ring is 2. The second-order valence-electron chi connectivity index (χ2n) is 5.21. The van der Waals surface area contributed by atoms with E-state index in [9.17, 15) is 14.7 Å². The maximum atomic E-state index is 11.7. The molecule has 8 nitrogen and oxygen atoms in total. The largest absolute Gasteiger partial charge is 0.543 e. The Labute approximate surface area is 140 Å². The Hall–Kier alpha value is -1.94. The van der Waals surface area contributed by atoms with Crippen LogP contribution < -0.4 is 21.1 Å². The molecule has 0 saturated carbocycles. The summed E-state index contributed by atoms with van der Waals surface area (Å²) in [5.74, 6) is 0.186. The Bertz CT molecular complexity index is 737. The van der Waals surface area contributed by atoms with Crippen molar-refractivity contribution < 1.29 is 19.3 Å². The molecule has 0 aliphatic carbocycles. The zero-order chi connectivity index (χ0) is 16.7. The Morgan fingerprint density at radius 1 is 1.61 bits per heavy atom. The number of hydrogen-bond acceptors (Lipinski definition) is 8. The molecule has 1 unspecified atom stereocenters. The molecule has 23 heavy (non-hydrogen) atoms. The van der Waals surface area contributed by atoms with Gasteiger partial charge in [0.15, 0.2) is 0 Å². The predicted molar refractivity (Wildman–Crippen MR) is 84.7 cm³/mol. The molecule has 122 valence electrons. The van der Waals surface area contributed by atoms with Gasteiger partial charge in [-0.15, -0.1) is 11.8 Å². The van der Waals surface area contributed by atoms with Gasteiger partial charge in [-0.3, -0.25) is 9.69 Å². The molecule has 1 aromatic rings. The highest BCUT2D eigenvalue weighted by molar-refractivity contribution is 8.00. The molecule has 1 saturated heterocycles. The number of aliphatic carboxylic acids is 1. The number of carbonyl (C=O) groups is 2. The quantitative estimate of drug-likeness (QED) is 0.289. The number of anilines is 2. The monoisotopic (exact) mass is 353 g/mol. The summed E-state index contributed by atoms with van der Waals surface area (Å²) in [5, 5.41) is 11.9. The molecule has 10 heteroatoms. The number of fused-ring (bicyclic) bond motifs is 1. The zero-order valence-corrected chi connectivity index (χ0v) is 13.9. The number of aromatic nitrogens is 2. The van der Waals surface area contributed by atoms with Crippen LogP contribution in [0.3, 0.4) is 0 Å². The lowest BCUT2D eigenvalue weighted by Crippen LogP contribution is -2.56. The molecule has 2 aliphatic rings. The van der Waals surface area contributed by atoms with E-state index in [2.05, 4.69) is 4.98 Å². The summed E-state index contributed by atoms with van der Waals surface area (Å²) in [4.78, 5) is 28.6. The number of rotatable bonds is 4. The number of carboxylic acid groups (broad SMARTS) is 1. The maximum absolute atomic E-state index is 11.7. The minimum absolute atomic E-state index is 0.00275. The first-order valence-electron chi connectivity index (χ1n) is 6.80. The zero-order valence-electron chi connectivity index (χ0n) is 12.3. The number of nitrogens with two attached hydrogens (primary N) is 2. The van der Waals surface area contributed by atoms with E-state index in [1.165, 1.54) is 16.7 Å². The van der Waals surface area contributed by atoms with Gasteiger partial charge in [0.1, 0.15) is 0 Å². The molecule has 0 radical (unpaired) electrons. The number of carbonyl (C=O) groups excluding carboxylic acids is 2. The van der Waals surface area contributed by atoms with E-state index < -0.39 is 5.97 Å². The van der Waals surface area contributed by atoms with Crippen LogP contribution in [0.15, 0.2) is 22.5 Å². The Kier molecular flexibility index (Phi) is 4.11. The minimum atomic E-state index is -1.32. The van der Waals surface area contributed by atoms with E-state index in [4.69, 9.17) is 11.5 Å². The Morgan fingerprint density at radius 3 is 3.00 bits per heavy atom. The number of amides is 1. The lowest BCUT2D eigenvalue weighted by molar-refractivity contribution is -0.698. The van der Waals surface area contributed by atoms with Crippen molar-refractivity contribution in [2.75, 3.05) is 23.0 Å². The third-order valence-corrected chi connectivity index (χ3v) is 6.09. The first-order valence-corrected chi connectivity index (χ1v) is 8.83. The first-order chi connectivity index (χ1) is 10.9. The van der Waals surface area contributed by atoms with Gasteiger partial charge in [-0.25, -0.2) is 4.57 Å². The van der Waals surface area contributed by atoms with Crippen LogP contribution in [0.5, 0.6) is 0 Å². The van der Waals surface area contributed by atoms with Crippen molar-refractivity contribution in [1.82, 2.24) is 9.88 Å². The van der Waals surface area contributed by atoms with Crippen LogP contribution in [-0.2, 0) is 16.6 Å². The van der Waals surface area contributed by atoms with E-state index in [0.29, 0.717) is 40.3 Å². The smallest absolute Gasteiger partial charge is 0.301 e. The third-order valence-electron chi connectivity index (χ3n) is 3.70. The van der Waals surface area contributed by atoms with Gasteiger partial charge < -0.3 is 21.4 Å². The van der Waals surface area contributed by atoms with Crippen LogP contribution in [0, 0.1) is 0 Å². The molecular weight excluding hydrogens is 338 g/mol. The molecule has 2 aliphatic heterocycles. The van der Waals surface area contributed by atoms with Gasteiger partial charge in [0.25, 0.3) is 0 Å². The van der Waals surface area contributed by atoms with Crippen molar-refractivity contribution in [1.29, 1.82) is 0 Å². The fourth-order valence-electron chi connectivity index (χ4n) is 2.43. The molecular formula is C13H15N5O3S2. The average molecular weight is 353 g/mol. The van der Waals surface area contributed by atoms with Crippen molar-refractivity contribution in [3.63, 3.8) is 0 Å². The number of carboxylic acids is 1. The van der Waals surface area contributed by atoms with E-state index in [1.54, 1.807) is 29.4 Å². The van der Waals surface area contributed by atoms with Crippen LogP contribution >= 0.6 is 23.5 Å². The Balaban J connectivity index is 1.85. The lowest BCUT2D eigenvalue weighted by Gasteiger charge is -2.45. The molecule has 0 bridgehead atoms. The van der Waals surface area contributed by atoms with Crippen molar-refractivity contribution in [2.24, 2.45) is 7.05 Å². The highest BCUT2D eigenvalue weighted by atomic mass is 32.2. The summed E-state index contributed by atoms with van der Waals surface area (Å²) in [7, 11) is 1.75. The standard InChI is InChI=1S/C13H15N5O3S2/c1-17-8(15)2-7(14)16-13(17)23-5-6-4-22-10-3-9(19)18(10)11(6)12(20)21/h2,10H,3-5H2,1H3,(H4,14,15,20,21). The predicted octanol–water partition coefficient (Wildman–Crippen LogP) is -1.53. The van der Waals surface area contributed by atoms with E-state index >= 15 is 0 Å².